The zero-order valence-electron chi connectivity index (χ0n) is 5.55. The second-order valence-corrected chi connectivity index (χ2v) is 2.04. The summed E-state index contributed by atoms with van der Waals surface area (Å²) in [5.74, 6) is -12.8. The smallest absolute Gasteiger partial charge is 0.331 e. The lowest BCUT2D eigenvalue weighted by Gasteiger charge is -2.28. The maximum Gasteiger partial charge on any atom is 0.423 e. The van der Waals surface area contributed by atoms with Crippen LogP contribution >= 0.6 is 0 Å². The number of aliphatic hydroxyl groups is 1. The first-order valence-electron chi connectivity index (χ1n) is 2.58. The van der Waals surface area contributed by atoms with Crippen LogP contribution in [-0.4, -0.2) is 29.5 Å². The van der Waals surface area contributed by atoms with Crippen LogP contribution in [0.5, 0.6) is 0 Å². The molecule has 0 saturated carbocycles. The lowest BCUT2D eigenvalue weighted by molar-refractivity contribution is -0.400. The zero-order valence-corrected chi connectivity index (χ0v) is 5.55. The van der Waals surface area contributed by atoms with E-state index < -0.39 is 24.4 Å². The van der Waals surface area contributed by atoms with Crippen LogP contribution in [0.4, 0.5) is 35.1 Å². The van der Waals surface area contributed by atoms with Crippen LogP contribution in [0.2, 0.25) is 0 Å². The Morgan fingerprint density at radius 3 is 1.23 bits per heavy atom. The molecule has 0 aliphatic carbocycles. The SMILES string of the molecule is OC(F)(F)C(F)(F)C(F)(F)C(F)F. The van der Waals surface area contributed by atoms with E-state index in [4.69, 9.17) is 5.11 Å². The minimum Gasteiger partial charge on any atom is -0.331 e. The van der Waals surface area contributed by atoms with Crippen molar-refractivity contribution in [3.8, 4) is 0 Å². The summed E-state index contributed by atoms with van der Waals surface area (Å²) in [4.78, 5) is 0. The highest BCUT2D eigenvalue weighted by molar-refractivity contribution is 4.92. The molecule has 0 aromatic rings. The molecule has 0 aliphatic heterocycles. The number of rotatable bonds is 3. The Balaban J connectivity index is 5.04. The molecule has 13 heavy (non-hydrogen) atoms. The zero-order chi connectivity index (χ0) is 11.1. The third kappa shape index (κ3) is 1.84. The monoisotopic (exact) mass is 218 g/mol. The molecule has 0 spiro atoms. The van der Waals surface area contributed by atoms with Crippen molar-refractivity contribution >= 4 is 0 Å². The molecule has 0 amide bonds. The van der Waals surface area contributed by atoms with Gasteiger partial charge in [-0.2, -0.15) is 26.3 Å². The third-order valence-corrected chi connectivity index (χ3v) is 1.07. The van der Waals surface area contributed by atoms with Crippen LogP contribution in [0.25, 0.3) is 0 Å². The molecule has 0 atom stereocenters. The van der Waals surface area contributed by atoms with Gasteiger partial charge in [-0.1, -0.05) is 0 Å². The molecule has 1 N–H and O–H groups in total. The fraction of sp³-hybridized carbons (Fsp3) is 1.00. The summed E-state index contributed by atoms with van der Waals surface area (Å²) in [7, 11) is 0. The molecule has 0 saturated heterocycles. The van der Waals surface area contributed by atoms with E-state index in [1.54, 1.807) is 0 Å². The molecule has 0 rings (SSSR count). The highest BCUT2D eigenvalue weighted by Crippen LogP contribution is 2.46. The van der Waals surface area contributed by atoms with Crippen molar-refractivity contribution in [1.82, 2.24) is 0 Å². The first-order valence-corrected chi connectivity index (χ1v) is 2.58. The van der Waals surface area contributed by atoms with Gasteiger partial charge in [0, 0.05) is 0 Å². The highest BCUT2D eigenvalue weighted by atomic mass is 19.4. The van der Waals surface area contributed by atoms with Crippen molar-refractivity contribution in [3.63, 3.8) is 0 Å². The molecule has 0 aliphatic rings. The average molecular weight is 218 g/mol. The van der Waals surface area contributed by atoms with Gasteiger partial charge in [0.15, 0.2) is 0 Å². The molecule has 1 nitrogen and oxygen atoms in total. The van der Waals surface area contributed by atoms with Crippen LogP contribution < -0.4 is 0 Å². The van der Waals surface area contributed by atoms with Gasteiger partial charge in [0.05, 0.1) is 0 Å². The predicted molar refractivity (Wildman–Crippen MR) is 23.1 cm³/mol. The molecule has 0 unspecified atom stereocenters. The van der Waals surface area contributed by atoms with Gasteiger partial charge in [-0.05, 0) is 0 Å². The van der Waals surface area contributed by atoms with Crippen molar-refractivity contribution < 1.29 is 40.2 Å². The molecule has 9 heteroatoms. The van der Waals surface area contributed by atoms with Gasteiger partial charge in [-0.3, -0.25) is 0 Å². The Kier molecular flexibility index (Phi) is 2.83. The first-order chi connectivity index (χ1) is 5.44. The molecular formula is C4H2F8O. The van der Waals surface area contributed by atoms with Crippen molar-refractivity contribution in [3.05, 3.63) is 0 Å². The van der Waals surface area contributed by atoms with Crippen LogP contribution in [0.1, 0.15) is 0 Å². The van der Waals surface area contributed by atoms with Crippen LogP contribution in [0.15, 0.2) is 0 Å². The summed E-state index contributed by atoms with van der Waals surface area (Å²) in [5, 5.41) is 7.23. The van der Waals surface area contributed by atoms with Crippen LogP contribution in [-0.2, 0) is 0 Å². The van der Waals surface area contributed by atoms with E-state index in [2.05, 4.69) is 0 Å². The Hall–Kier alpha value is -0.600. The molecule has 0 heterocycles. The third-order valence-electron chi connectivity index (χ3n) is 1.07. The summed E-state index contributed by atoms with van der Waals surface area (Å²) in [5.41, 5.74) is 0. The summed E-state index contributed by atoms with van der Waals surface area (Å²) in [6, 6.07) is 0. The number of alkyl halides is 8. The van der Waals surface area contributed by atoms with Crippen LogP contribution in [0, 0.1) is 0 Å². The standard InChI is InChI=1S/C4H2F8O/c5-1(6)2(7,8)3(9,10)4(11,12)13/h1,13H. The van der Waals surface area contributed by atoms with E-state index in [0.717, 1.165) is 0 Å². The molecule has 0 aromatic carbocycles. The Morgan fingerprint density at radius 1 is 0.846 bits per heavy atom. The first kappa shape index (κ1) is 12.4. The lowest BCUT2D eigenvalue weighted by atomic mass is 10.1. The Bertz CT molecular complexity index is 181. The molecule has 0 aromatic heterocycles. The van der Waals surface area contributed by atoms with Crippen molar-refractivity contribution in [2.45, 2.75) is 24.4 Å². The van der Waals surface area contributed by atoms with E-state index in [1.807, 2.05) is 0 Å². The normalized spacial score (nSPS) is 15.2. The van der Waals surface area contributed by atoms with Gasteiger partial charge in [0.2, 0.25) is 0 Å². The fourth-order valence-electron chi connectivity index (χ4n) is 0.338. The van der Waals surface area contributed by atoms with E-state index in [-0.39, 0.29) is 0 Å². The molecule has 0 fully saturated rings. The largest absolute Gasteiger partial charge is 0.423 e. The predicted octanol–water partition coefficient (Wildman–Crippen LogP) is 2.11. The van der Waals surface area contributed by atoms with Crippen molar-refractivity contribution in [2.24, 2.45) is 0 Å². The highest BCUT2D eigenvalue weighted by Gasteiger charge is 2.75. The average Bonchev–Trinajstić information content (AvgIpc) is 1.84. The maximum absolute atomic E-state index is 11.7. The van der Waals surface area contributed by atoms with E-state index in [9.17, 15) is 35.1 Å². The fourth-order valence-corrected chi connectivity index (χ4v) is 0.338. The topological polar surface area (TPSA) is 20.2 Å². The Labute approximate surface area is 66.0 Å². The van der Waals surface area contributed by atoms with Crippen molar-refractivity contribution in [2.75, 3.05) is 0 Å². The van der Waals surface area contributed by atoms with Gasteiger partial charge < -0.3 is 5.11 Å². The minimum atomic E-state index is -6.51. The second kappa shape index (κ2) is 2.96. The van der Waals surface area contributed by atoms with Crippen molar-refractivity contribution in [1.29, 1.82) is 0 Å². The molecule has 80 valence electrons. The maximum atomic E-state index is 11.7. The summed E-state index contributed by atoms with van der Waals surface area (Å²) < 4.78 is 91.8. The van der Waals surface area contributed by atoms with Gasteiger partial charge in [-0.25, -0.2) is 8.78 Å². The quantitative estimate of drug-likeness (QED) is 0.719. The molecular weight excluding hydrogens is 216 g/mol. The van der Waals surface area contributed by atoms with E-state index >= 15 is 0 Å². The van der Waals surface area contributed by atoms with Gasteiger partial charge >= 0.3 is 24.4 Å². The summed E-state index contributed by atoms with van der Waals surface area (Å²) >= 11 is 0. The summed E-state index contributed by atoms with van der Waals surface area (Å²) in [6.07, 6.45) is -11.2. The van der Waals surface area contributed by atoms with Gasteiger partial charge in [0.25, 0.3) is 0 Å². The Morgan fingerprint density at radius 2 is 1.15 bits per heavy atom. The second-order valence-electron chi connectivity index (χ2n) is 2.04. The molecule has 0 radical (unpaired) electrons. The number of hydrogen-bond donors (Lipinski definition) is 1. The minimum absolute atomic E-state index is 5.00. The summed E-state index contributed by atoms with van der Waals surface area (Å²) in [6.45, 7) is 0. The number of halogens is 8. The number of hydrogen-bond acceptors (Lipinski definition) is 1. The van der Waals surface area contributed by atoms with E-state index in [1.165, 1.54) is 0 Å². The van der Waals surface area contributed by atoms with Gasteiger partial charge in [0.1, 0.15) is 0 Å². The lowest BCUT2D eigenvalue weighted by Crippen LogP contribution is -2.57. The van der Waals surface area contributed by atoms with Crippen LogP contribution in [0.3, 0.4) is 0 Å². The molecule has 0 bridgehead atoms. The van der Waals surface area contributed by atoms with Gasteiger partial charge in [-0.15, -0.1) is 0 Å². The van der Waals surface area contributed by atoms with E-state index in [0.29, 0.717) is 0 Å².